The van der Waals surface area contributed by atoms with Gasteiger partial charge in [0.1, 0.15) is 5.82 Å². The number of hydrogen-bond donors (Lipinski definition) is 2. The number of anilines is 1. The van der Waals surface area contributed by atoms with Crippen LogP contribution in [0.4, 0.5) is 10.1 Å². The highest BCUT2D eigenvalue weighted by Gasteiger charge is 2.20. The Balaban J connectivity index is 0.00000200. The number of carbonyl (C=O) groups excluding carboxylic acids is 1. The fourth-order valence-corrected chi connectivity index (χ4v) is 2.30. The minimum Gasteiger partial charge on any atom is -0.324 e. The molecule has 1 aliphatic rings. The van der Waals surface area contributed by atoms with E-state index >= 15 is 0 Å². The predicted octanol–water partition coefficient (Wildman–Crippen LogP) is 2.13. The van der Waals surface area contributed by atoms with E-state index in [0.29, 0.717) is 18.3 Å². The van der Waals surface area contributed by atoms with E-state index in [4.69, 9.17) is 11.6 Å². The van der Waals surface area contributed by atoms with Crippen molar-refractivity contribution in [3.05, 3.63) is 29.0 Å². The van der Waals surface area contributed by atoms with Gasteiger partial charge in [-0.15, -0.1) is 12.4 Å². The first-order valence-electron chi connectivity index (χ1n) is 6.26. The van der Waals surface area contributed by atoms with Crippen LogP contribution in [-0.2, 0) is 4.79 Å². The van der Waals surface area contributed by atoms with E-state index in [1.807, 2.05) is 0 Å². The van der Waals surface area contributed by atoms with Gasteiger partial charge in [0.25, 0.3) is 0 Å². The van der Waals surface area contributed by atoms with E-state index in [9.17, 15) is 9.18 Å². The molecule has 2 rings (SSSR count). The maximum Gasteiger partial charge on any atom is 0.238 e. The second-order valence-electron chi connectivity index (χ2n) is 4.70. The van der Waals surface area contributed by atoms with Crippen LogP contribution in [0, 0.1) is 5.82 Å². The Morgan fingerprint density at radius 2 is 2.35 bits per heavy atom. The molecule has 112 valence electrons. The normalized spacial score (nSPS) is 19.2. The number of piperazine rings is 1. The lowest BCUT2D eigenvalue weighted by Gasteiger charge is -2.33. The van der Waals surface area contributed by atoms with Gasteiger partial charge >= 0.3 is 0 Å². The number of nitrogens with zero attached hydrogens (tertiary/aromatic N) is 1. The number of hydrogen-bond acceptors (Lipinski definition) is 3. The van der Waals surface area contributed by atoms with Crippen LogP contribution in [0.2, 0.25) is 5.02 Å². The van der Waals surface area contributed by atoms with E-state index in [1.165, 1.54) is 18.2 Å². The molecule has 4 nitrogen and oxygen atoms in total. The van der Waals surface area contributed by atoms with Crippen LogP contribution >= 0.6 is 24.0 Å². The van der Waals surface area contributed by atoms with Crippen LogP contribution in [0.15, 0.2) is 18.2 Å². The molecule has 0 unspecified atom stereocenters. The van der Waals surface area contributed by atoms with Gasteiger partial charge in [-0.1, -0.05) is 11.6 Å². The average molecular weight is 322 g/mol. The molecular weight excluding hydrogens is 304 g/mol. The summed E-state index contributed by atoms with van der Waals surface area (Å²) < 4.78 is 12.9. The molecule has 1 aromatic carbocycles. The van der Waals surface area contributed by atoms with Crippen molar-refractivity contribution in [2.24, 2.45) is 0 Å². The summed E-state index contributed by atoms with van der Waals surface area (Å²) in [6, 6.07) is 4.25. The van der Waals surface area contributed by atoms with Crippen LogP contribution < -0.4 is 10.6 Å². The highest BCUT2D eigenvalue weighted by Crippen LogP contribution is 2.22. The van der Waals surface area contributed by atoms with Gasteiger partial charge < -0.3 is 10.6 Å². The largest absolute Gasteiger partial charge is 0.324 e. The van der Waals surface area contributed by atoms with E-state index in [2.05, 4.69) is 22.5 Å². The van der Waals surface area contributed by atoms with Crippen LogP contribution in [0.1, 0.15) is 6.92 Å². The molecule has 2 N–H and O–H groups in total. The summed E-state index contributed by atoms with van der Waals surface area (Å²) in [5, 5.41) is 6.18. The van der Waals surface area contributed by atoms with Crippen molar-refractivity contribution in [3.63, 3.8) is 0 Å². The first kappa shape index (κ1) is 17.2. The van der Waals surface area contributed by atoms with E-state index < -0.39 is 5.82 Å². The standard InChI is InChI=1S/C13H17ClFN3O.ClH/c1-9-7-16-4-5-18(9)8-13(19)17-12-3-2-10(15)6-11(12)14;/h2-3,6,9,16H,4-5,7-8H2,1H3,(H,17,19);1H/t9-;/m0./s1. The molecule has 1 heterocycles. The quantitative estimate of drug-likeness (QED) is 0.896. The highest BCUT2D eigenvalue weighted by molar-refractivity contribution is 6.33. The molecule has 0 radical (unpaired) electrons. The molecular formula is C13H18Cl2FN3O. The predicted molar refractivity (Wildman–Crippen MR) is 81.2 cm³/mol. The zero-order chi connectivity index (χ0) is 13.8. The van der Waals surface area contributed by atoms with Crippen LogP contribution in [0.3, 0.4) is 0 Å². The monoisotopic (exact) mass is 321 g/mol. The number of amides is 1. The number of rotatable bonds is 3. The van der Waals surface area contributed by atoms with Crippen LogP contribution in [0.25, 0.3) is 0 Å². The van der Waals surface area contributed by atoms with Crippen molar-refractivity contribution in [1.82, 2.24) is 10.2 Å². The third-order valence-electron chi connectivity index (χ3n) is 3.19. The number of benzene rings is 1. The summed E-state index contributed by atoms with van der Waals surface area (Å²) in [4.78, 5) is 14.0. The Labute approximate surface area is 129 Å². The summed E-state index contributed by atoms with van der Waals surface area (Å²) in [5.41, 5.74) is 0.441. The lowest BCUT2D eigenvalue weighted by Crippen LogP contribution is -2.51. The number of nitrogens with one attached hydrogen (secondary N) is 2. The third kappa shape index (κ3) is 4.59. The van der Waals surface area contributed by atoms with Gasteiger partial charge in [0, 0.05) is 25.7 Å². The van der Waals surface area contributed by atoms with Crippen molar-refractivity contribution in [2.45, 2.75) is 13.0 Å². The maximum absolute atomic E-state index is 12.9. The zero-order valence-electron chi connectivity index (χ0n) is 11.2. The molecule has 0 bridgehead atoms. The summed E-state index contributed by atoms with van der Waals surface area (Å²) in [5.74, 6) is -0.555. The van der Waals surface area contributed by atoms with Gasteiger partial charge in [-0.05, 0) is 25.1 Å². The Kier molecular flexibility index (Phi) is 6.68. The molecule has 1 atom stereocenters. The van der Waals surface area contributed by atoms with Gasteiger partial charge in [-0.3, -0.25) is 9.69 Å². The van der Waals surface area contributed by atoms with Gasteiger partial charge in [-0.25, -0.2) is 4.39 Å². The Hall–Kier alpha value is -0.880. The lowest BCUT2D eigenvalue weighted by molar-refractivity contribution is -0.118. The Morgan fingerprint density at radius 3 is 3.00 bits per heavy atom. The number of halogens is 3. The first-order valence-corrected chi connectivity index (χ1v) is 6.64. The highest BCUT2D eigenvalue weighted by atomic mass is 35.5. The van der Waals surface area contributed by atoms with Crippen LogP contribution in [0.5, 0.6) is 0 Å². The SMILES string of the molecule is C[C@H]1CNCCN1CC(=O)Nc1ccc(F)cc1Cl.Cl. The fourth-order valence-electron chi connectivity index (χ4n) is 2.08. The van der Waals surface area contributed by atoms with Crippen molar-refractivity contribution in [2.75, 3.05) is 31.5 Å². The zero-order valence-corrected chi connectivity index (χ0v) is 12.7. The molecule has 0 aliphatic carbocycles. The molecule has 1 aromatic rings. The summed E-state index contributed by atoms with van der Waals surface area (Å²) in [6.45, 7) is 4.99. The second kappa shape index (κ2) is 7.78. The van der Waals surface area contributed by atoms with Crippen molar-refractivity contribution in [3.8, 4) is 0 Å². The molecule has 1 saturated heterocycles. The minimum absolute atomic E-state index is 0. The summed E-state index contributed by atoms with van der Waals surface area (Å²) >= 11 is 5.87. The van der Waals surface area contributed by atoms with Crippen molar-refractivity contribution >= 4 is 35.6 Å². The lowest BCUT2D eigenvalue weighted by atomic mass is 10.2. The average Bonchev–Trinajstić information content (AvgIpc) is 2.36. The first-order chi connectivity index (χ1) is 9.06. The van der Waals surface area contributed by atoms with Gasteiger partial charge in [0.15, 0.2) is 0 Å². The topological polar surface area (TPSA) is 44.4 Å². The molecule has 20 heavy (non-hydrogen) atoms. The van der Waals surface area contributed by atoms with Crippen molar-refractivity contribution in [1.29, 1.82) is 0 Å². The molecule has 1 fully saturated rings. The number of carbonyl (C=O) groups is 1. The summed E-state index contributed by atoms with van der Waals surface area (Å²) in [6.07, 6.45) is 0. The molecule has 0 saturated carbocycles. The van der Waals surface area contributed by atoms with Gasteiger partial charge in [0.05, 0.1) is 17.3 Å². The molecule has 0 spiro atoms. The van der Waals surface area contributed by atoms with Gasteiger partial charge in [-0.2, -0.15) is 0 Å². The van der Waals surface area contributed by atoms with Gasteiger partial charge in [0.2, 0.25) is 5.91 Å². The van der Waals surface area contributed by atoms with E-state index in [0.717, 1.165) is 19.6 Å². The van der Waals surface area contributed by atoms with E-state index in [-0.39, 0.29) is 23.3 Å². The third-order valence-corrected chi connectivity index (χ3v) is 3.50. The Bertz CT molecular complexity index is 473. The second-order valence-corrected chi connectivity index (χ2v) is 5.10. The summed E-state index contributed by atoms with van der Waals surface area (Å²) in [7, 11) is 0. The molecule has 7 heteroatoms. The van der Waals surface area contributed by atoms with Crippen molar-refractivity contribution < 1.29 is 9.18 Å². The van der Waals surface area contributed by atoms with E-state index in [1.54, 1.807) is 0 Å². The fraction of sp³-hybridized carbons (Fsp3) is 0.462. The molecule has 0 aromatic heterocycles. The van der Waals surface area contributed by atoms with Crippen LogP contribution in [-0.4, -0.2) is 43.0 Å². The minimum atomic E-state index is -0.418. The molecule has 1 aliphatic heterocycles. The Morgan fingerprint density at radius 1 is 1.60 bits per heavy atom. The smallest absolute Gasteiger partial charge is 0.238 e. The maximum atomic E-state index is 12.9. The molecule has 1 amide bonds.